The molecule has 0 spiro atoms. The van der Waals surface area contributed by atoms with Crippen LogP contribution in [0.4, 0.5) is 14.5 Å². The number of aryl methyl sites for hydroxylation is 1. The number of aliphatic hydroxyl groups excluding tert-OH is 1. The normalized spacial score (nSPS) is 11.8. The van der Waals surface area contributed by atoms with Gasteiger partial charge in [0.1, 0.15) is 11.5 Å². The lowest BCUT2D eigenvalue weighted by molar-refractivity contribution is -0.0461. The van der Waals surface area contributed by atoms with Gasteiger partial charge in [-0.25, -0.2) is 8.78 Å². The van der Waals surface area contributed by atoms with Crippen molar-refractivity contribution in [3.8, 4) is 0 Å². The monoisotopic (exact) mass is 300 g/mol. The fourth-order valence-corrected chi connectivity index (χ4v) is 2.76. The number of nitrogens with two attached hydrogens (primary N) is 1. The lowest BCUT2D eigenvalue weighted by Gasteiger charge is -2.13. The third kappa shape index (κ3) is 2.88. The molecule has 1 aromatic heterocycles. The van der Waals surface area contributed by atoms with Crippen LogP contribution < -0.4 is 11.1 Å². The lowest BCUT2D eigenvalue weighted by atomic mass is 10.1. The second-order valence-electron chi connectivity index (χ2n) is 4.54. The number of amides is 1. The van der Waals surface area contributed by atoms with Crippen LogP contribution in [0, 0.1) is 6.92 Å². The molecule has 1 heterocycles. The van der Waals surface area contributed by atoms with E-state index in [1.807, 2.05) is 25.1 Å². The van der Waals surface area contributed by atoms with Crippen LogP contribution in [0.3, 0.4) is 0 Å². The van der Waals surface area contributed by atoms with E-state index >= 15 is 0 Å². The van der Waals surface area contributed by atoms with E-state index in [4.69, 9.17) is 10.8 Å². The highest BCUT2D eigenvalue weighted by Crippen LogP contribution is 2.34. The minimum Gasteiger partial charge on any atom is -0.397 e. The average molecular weight is 300 g/mol. The standard InChI is InChI=1S/C13H14F2N2O2S/c1-7-2-3-9-8(4-7)10(16)11(20-9)12(19)17-5-13(14,15)6-18/h2-4,18H,5-6,16H2,1H3,(H,17,19). The molecule has 0 saturated heterocycles. The number of nitrogen functional groups attached to an aromatic ring is 1. The molecule has 2 aromatic rings. The predicted octanol–water partition coefficient (Wildman–Crippen LogP) is 2.15. The van der Waals surface area contributed by atoms with E-state index < -0.39 is 25.0 Å². The number of fused-ring (bicyclic) bond motifs is 1. The van der Waals surface area contributed by atoms with Gasteiger partial charge >= 0.3 is 0 Å². The van der Waals surface area contributed by atoms with Gasteiger partial charge < -0.3 is 16.2 Å². The van der Waals surface area contributed by atoms with Crippen molar-refractivity contribution in [2.24, 2.45) is 0 Å². The molecular formula is C13H14F2N2O2S. The van der Waals surface area contributed by atoms with Crippen LogP contribution in [0.15, 0.2) is 18.2 Å². The van der Waals surface area contributed by atoms with Crippen LogP contribution in [0.5, 0.6) is 0 Å². The summed E-state index contributed by atoms with van der Waals surface area (Å²) in [5, 5.41) is 11.3. The summed E-state index contributed by atoms with van der Waals surface area (Å²) >= 11 is 1.15. The molecule has 1 amide bonds. The number of hydrogen-bond donors (Lipinski definition) is 3. The first-order valence-corrected chi connectivity index (χ1v) is 6.71. The third-order valence-electron chi connectivity index (χ3n) is 2.83. The number of alkyl halides is 2. The maximum absolute atomic E-state index is 12.9. The number of thiophene rings is 1. The highest BCUT2D eigenvalue weighted by molar-refractivity contribution is 7.21. The SMILES string of the molecule is Cc1ccc2sc(C(=O)NCC(F)(F)CO)c(N)c2c1. The van der Waals surface area contributed by atoms with Crippen LogP contribution in [-0.2, 0) is 0 Å². The van der Waals surface area contributed by atoms with Gasteiger partial charge in [-0.2, -0.15) is 0 Å². The maximum atomic E-state index is 12.9. The maximum Gasteiger partial charge on any atom is 0.287 e. The molecule has 7 heteroatoms. The molecule has 108 valence electrons. The van der Waals surface area contributed by atoms with Crippen molar-refractivity contribution in [3.05, 3.63) is 28.6 Å². The van der Waals surface area contributed by atoms with Gasteiger partial charge in [-0.3, -0.25) is 4.79 Å². The Morgan fingerprint density at radius 3 is 2.85 bits per heavy atom. The zero-order valence-corrected chi connectivity index (χ0v) is 11.6. The van der Waals surface area contributed by atoms with E-state index in [0.717, 1.165) is 27.0 Å². The van der Waals surface area contributed by atoms with Gasteiger partial charge in [0.15, 0.2) is 0 Å². The first-order chi connectivity index (χ1) is 9.34. The largest absolute Gasteiger partial charge is 0.397 e. The molecule has 0 bridgehead atoms. The number of hydrogen-bond acceptors (Lipinski definition) is 4. The molecule has 20 heavy (non-hydrogen) atoms. The van der Waals surface area contributed by atoms with Gasteiger partial charge in [-0.15, -0.1) is 11.3 Å². The van der Waals surface area contributed by atoms with Crippen LogP contribution in [-0.4, -0.2) is 30.1 Å². The van der Waals surface area contributed by atoms with Gasteiger partial charge in [-0.05, 0) is 19.1 Å². The fraction of sp³-hybridized carbons (Fsp3) is 0.308. The predicted molar refractivity (Wildman–Crippen MR) is 75.3 cm³/mol. The van der Waals surface area contributed by atoms with E-state index in [9.17, 15) is 13.6 Å². The summed E-state index contributed by atoms with van der Waals surface area (Å²) in [6.07, 6.45) is 0. The average Bonchev–Trinajstić information content (AvgIpc) is 2.74. The van der Waals surface area contributed by atoms with Gasteiger partial charge in [0.05, 0.1) is 12.2 Å². The number of nitrogens with one attached hydrogen (secondary N) is 1. The molecule has 4 N–H and O–H groups in total. The Morgan fingerprint density at radius 2 is 2.20 bits per heavy atom. The molecule has 0 radical (unpaired) electrons. The Balaban J connectivity index is 2.25. The third-order valence-corrected chi connectivity index (χ3v) is 4.01. The second-order valence-corrected chi connectivity index (χ2v) is 5.59. The van der Waals surface area contributed by atoms with E-state index in [1.54, 1.807) is 0 Å². The van der Waals surface area contributed by atoms with Crippen molar-refractivity contribution in [1.29, 1.82) is 0 Å². The van der Waals surface area contributed by atoms with Crippen molar-refractivity contribution in [1.82, 2.24) is 5.32 Å². The number of benzene rings is 1. The Labute approximate surface area is 118 Å². The molecule has 0 fully saturated rings. The van der Waals surface area contributed by atoms with Crippen LogP contribution in [0.2, 0.25) is 0 Å². The van der Waals surface area contributed by atoms with Gasteiger partial charge in [-0.1, -0.05) is 11.6 Å². The molecule has 4 nitrogen and oxygen atoms in total. The molecule has 0 aliphatic carbocycles. The Hall–Kier alpha value is -1.73. The highest BCUT2D eigenvalue weighted by Gasteiger charge is 2.29. The molecule has 0 aliphatic rings. The number of halogens is 2. The Bertz CT molecular complexity index is 655. The van der Waals surface area contributed by atoms with Crippen LogP contribution >= 0.6 is 11.3 Å². The Kier molecular flexibility index (Phi) is 3.92. The second kappa shape index (κ2) is 5.34. The number of aliphatic hydroxyl groups is 1. The van der Waals surface area contributed by atoms with Gasteiger partial charge in [0.2, 0.25) is 0 Å². The van der Waals surface area contributed by atoms with Gasteiger partial charge in [0.25, 0.3) is 11.8 Å². The smallest absolute Gasteiger partial charge is 0.287 e. The summed E-state index contributed by atoms with van der Waals surface area (Å²) < 4.78 is 26.6. The quantitative estimate of drug-likeness (QED) is 0.810. The lowest BCUT2D eigenvalue weighted by Crippen LogP contribution is -2.38. The van der Waals surface area contributed by atoms with E-state index in [1.165, 1.54) is 0 Å². The van der Waals surface area contributed by atoms with E-state index in [-0.39, 0.29) is 4.88 Å². The van der Waals surface area contributed by atoms with E-state index in [0.29, 0.717) is 5.69 Å². The molecule has 1 aromatic carbocycles. The van der Waals surface area contributed by atoms with Crippen molar-refractivity contribution in [3.63, 3.8) is 0 Å². The van der Waals surface area contributed by atoms with Gasteiger partial charge in [0, 0.05) is 10.1 Å². The molecular weight excluding hydrogens is 286 g/mol. The zero-order valence-electron chi connectivity index (χ0n) is 10.7. The van der Waals surface area contributed by atoms with Crippen molar-refractivity contribution in [2.45, 2.75) is 12.8 Å². The molecule has 0 aliphatic heterocycles. The summed E-state index contributed by atoms with van der Waals surface area (Å²) in [6.45, 7) is -0.332. The van der Waals surface area contributed by atoms with Crippen LogP contribution in [0.1, 0.15) is 15.2 Å². The first kappa shape index (κ1) is 14.7. The van der Waals surface area contributed by atoms with Crippen molar-refractivity contribution < 1.29 is 18.7 Å². The summed E-state index contributed by atoms with van der Waals surface area (Å²) in [5.74, 6) is -3.99. The summed E-state index contributed by atoms with van der Waals surface area (Å²) in [7, 11) is 0. The number of rotatable bonds is 4. The number of carbonyl (C=O) groups excluding carboxylic acids is 1. The molecule has 2 rings (SSSR count). The first-order valence-electron chi connectivity index (χ1n) is 5.89. The van der Waals surface area contributed by atoms with Crippen molar-refractivity contribution >= 4 is 33.0 Å². The molecule has 0 saturated carbocycles. The summed E-state index contributed by atoms with van der Waals surface area (Å²) in [5.41, 5.74) is 7.18. The number of carbonyl (C=O) groups is 1. The van der Waals surface area contributed by atoms with E-state index in [2.05, 4.69) is 5.32 Å². The summed E-state index contributed by atoms with van der Waals surface area (Å²) in [6, 6.07) is 5.57. The highest BCUT2D eigenvalue weighted by atomic mass is 32.1. The summed E-state index contributed by atoms with van der Waals surface area (Å²) in [4.78, 5) is 12.1. The zero-order chi connectivity index (χ0) is 14.9. The topological polar surface area (TPSA) is 75.3 Å². The Morgan fingerprint density at radius 1 is 1.50 bits per heavy atom. The molecule has 0 atom stereocenters. The van der Waals surface area contributed by atoms with Crippen LogP contribution in [0.25, 0.3) is 10.1 Å². The minimum absolute atomic E-state index is 0.208. The fourth-order valence-electron chi connectivity index (χ4n) is 1.74. The molecule has 0 unspecified atom stereocenters. The van der Waals surface area contributed by atoms with Crippen molar-refractivity contribution in [2.75, 3.05) is 18.9 Å². The minimum atomic E-state index is -3.34. The number of anilines is 1.